The van der Waals surface area contributed by atoms with Gasteiger partial charge in [0.25, 0.3) is 0 Å². The molecule has 0 bridgehead atoms. The second-order valence-electron chi connectivity index (χ2n) is 4.31. The van der Waals surface area contributed by atoms with Crippen LogP contribution in [0, 0.1) is 6.92 Å². The van der Waals surface area contributed by atoms with Crippen LogP contribution in [0.25, 0.3) is 10.9 Å². The van der Waals surface area contributed by atoms with Gasteiger partial charge >= 0.3 is 0 Å². The fraction of sp³-hybridized carbons (Fsp3) is 0.0667. The Balaban J connectivity index is 2.03. The zero-order chi connectivity index (χ0) is 13.2. The Morgan fingerprint density at radius 3 is 2.84 bits per heavy atom. The summed E-state index contributed by atoms with van der Waals surface area (Å²) in [7, 11) is 0. The second-order valence-corrected chi connectivity index (χ2v) is 4.31. The van der Waals surface area contributed by atoms with Crippen LogP contribution in [0.4, 0.5) is 5.69 Å². The van der Waals surface area contributed by atoms with Crippen molar-refractivity contribution >= 4 is 16.6 Å². The molecular formula is C15H13N3O. The molecule has 3 aromatic rings. The number of ether oxygens (including phenoxy) is 1. The third-order valence-corrected chi connectivity index (χ3v) is 2.95. The van der Waals surface area contributed by atoms with Crippen LogP contribution in [0.1, 0.15) is 5.56 Å². The molecular weight excluding hydrogens is 238 g/mol. The maximum Gasteiger partial charge on any atom is 0.219 e. The van der Waals surface area contributed by atoms with Crippen molar-refractivity contribution in [2.45, 2.75) is 6.92 Å². The Kier molecular flexibility index (Phi) is 2.76. The number of hydrogen-bond donors (Lipinski definition) is 1. The predicted molar refractivity (Wildman–Crippen MR) is 75.2 cm³/mol. The number of nitrogens with zero attached hydrogens (tertiary/aromatic N) is 2. The SMILES string of the molecule is Cc1cc(Oc2cccc3ncccc23)ncc1N. The van der Waals surface area contributed by atoms with Crippen LogP contribution in [-0.4, -0.2) is 9.97 Å². The summed E-state index contributed by atoms with van der Waals surface area (Å²) in [5.41, 5.74) is 8.25. The van der Waals surface area contributed by atoms with Crippen molar-refractivity contribution < 1.29 is 4.74 Å². The quantitative estimate of drug-likeness (QED) is 0.759. The maximum atomic E-state index is 5.82. The summed E-state index contributed by atoms with van der Waals surface area (Å²) in [6.45, 7) is 1.93. The Morgan fingerprint density at radius 2 is 2.00 bits per heavy atom. The Morgan fingerprint density at radius 1 is 1.11 bits per heavy atom. The highest BCUT2D eigenvalue weighted by Crippen LogP contribution is 2.28. The van der Waals surface area contributed by atoms with Crippen LogP contribution >= 0.6 is 0 Å². The lowest BCUT2D eigenvalue weighted by atomic mass is 10.2. The molecule has 0 spiro atoms. The highest BCUT2D eigenvalue weighted by atomic mass is 16.5. The van der Waals surface area contributed by atoms with Gasteiger partial charge in [-0.25, -0.2) is 4.98 Å². The van der Waals surface area contributed by atoms with Gasteiger partial charge in [-0.3, -0.25) is 4.98 Å². The van der Waals surface area contributed by atoms with Crippen LogP contribution in [-0.2, 0) is 0 Å². The van der Waals surface area contributed by atoms with Gasteiger partial charge in [0.2, 0.25) is 5.88 Å². The molecule has 2 heterocycles. The molecule has 0 atom stereocenters. The lowest BCUT2D eigenvalue weighted by Crippen LogP contribution is -1.94. The van der Waals surface area contributed by atoms with Crippen molar-refractivity contribution in [2.24, 2.45) is 0 Å². The summed E-state index contributed by atoms with van der Waals surface area (Å²) in [6, 6.07) is 11.4. The Labute approximate surface area is 110 Å². The number of nitrogens with two attached hydrogens (primary N) is 1. The summed E-state index contributed by atoms with van der Waals surface area (Å²) in [5, 5.41) is 0.960. The number of aryl methyl sites for hydroxylation is 1. The Hall–Kier alpha value is -2.62. The minimum Gasteiger partial charge on any atom is -0.438 e. The van der Waals surface area contributed by atoms with E-state index in [9.17, 15) is 0 Å². The van der Waals surface area contributed by atoms with Crippen LogP contribution < -0.4 is 10.5 Å². The third kappa shape index (κ3) is 2.20. The van der Waals surface area contributed by atoms with E-state index < -0.39 is 0 Å². The number of fused-ring (bicyclic) bond motifs is 1. The molecule has 0 fully saturated rings. The van der Waals surface area contributed by atoms with E-state index in [2.05, 4.69) is 9.97 Å². The summed E-state index contributed by atoms with van der Waals surface area (Å²) >= 11 is 0. The monoisotopic (exact) mass is 251 g/mol. The minimum atomic E-state index is 0.531. The lowest BCUT2D eigenvalue weighted by Gasteiger charge is -2.08. The van der Waals surface area contributed by atoms with Crippen LogP contribution in [0.5, 0.6) is 11.6 Å². The van der Waals surface area contributed by atoms with Gasteiger partial charge in [-0.2, -0.15) is 0 Å². The van der Waals surface area contributed by atoms with Crippen molar-refractivity contribution in [3.8, 4) is 11.6 Å². The van der Waals surface area contributed by atoms with Gasteiger partial charge in [-0.1, -0.05) is 6.07 Å². The molecule has 4 heteroatoms. The van der Waals surface area contributed by atoms with Crippen LogP contribution in [0.15, 0.2) is 48.8 Å². The number of aromatic nitrogens is 2. The number of hydrogen-bond acceptors (Lipinski definition) is 4. The summed E-state index contributed by atoms with van der Waals surface area (Å²) < 4.78 is 5.82. The van der Waals surface area contributed by atoms with Crippen molar-refractivity contribution in [1.29, 1.82) is 0 Å². The Bertz CT molecular complexity index is 735. The maximum absolute atomic E-state index is 5.82. The molecule has 2 aromatic heterocycles. The average molecular weight is 251 g/mol. The molecule has 19 heavy (non-hydrogen) atoms. The number of rotatable bonds is 2. The van der Waals surface area contributed by atoms with Gasteiger partial charge in [-0.05, 0) is 36.8 Å². The molecule has 0 aliphatic carbocycles. The van der Waals surface area contributed by atoms with E-state index in [1.54, 1.807) is 12.4 Å². The molecule has 0 radical (unpaired) electrons. The number of anilines is 1. The fourth-order valence-electron chi connectivity index (χ4n) is 1.87. The summed E-state index contributed by atoms with van der Waals surface area (Å²) in [4.78, 5) is 8.47. The van der Waals surface area contributed by atoms with E-state index in [-0.39, 0.29) is 0 Å². The summed E-state index contributed by atoms with van der Waals surface area (Å²) in [6.07, 6.45) is 3.37. The molecule has 0 saturated heterocycles. The van der Waals surface area contributed by atoms with Gasteiger partial charge in [0, 0.05) is 17.6 Å². The van der Waals surface area contributed by atoms with Gasteiger partial charge in [-0.15, -0.1) is 0 Å². The van der Waals surface area contributed by atoms with Gasteiger partial charge < -0.3 is 10.5 Å². The first-order valence-corrected chi connectivity index (χ1v) is 5.98. The molecule has 94 valence electrons. The minimum absolute atomic E-state index is 0.531. The highest BCUT2D eigenvalue weighted by molar-refractivity contribution is 5.85. The molecule has 1 aromatic carbocycles. The van der Waals surface area contributed by atoms with Gasteiger partial charge in [0.1, 0.15) is 5.75 Å². The number of benzene rings is 1. The van der Waals surface area contributed by atoms with Crippen molar-refractivity contribution in [3.05, 3.63) is 54.4 Å². The zero-order valence-corrected chi connectivity index (χ0v) is 10.5. The van der Waals surface area contributed by atoms with Crippen molar-refractivity contribution in [2.75, 3.05) is 5.73 Å². The smallest absolute Gasteiger partial charge is 0.219 e. The molecule has 0 unspecified atom stereocenters. The summed E-state index contributed by atoms with van der Waals surface area (Å²) in [5.74, 6) is 1.27. The first-order chi connectivity index (χ1) is 9.24. The fourth-order valence-corrected chi connectivity index (χ4v) is 1.87. The number of nitrogen functional groups attached to an aromatic ring is 1. The first-order valence-electron chi connectivity index (χ1n) is 5.98. The third-order valence-electron chi connectivity index (χ3n) is 2.95. The van der Waals surface area contributed by atoms with Crippen LogP contribution in [0.2, 0.25) is 0 Å². The molecule has 4 nitrogen and oxygen atoms in total. The van der Waals surface area contributed by atoms with E-state index in [4.69, 9.17) is 10.5 Å². The molecule has 0 saturated carbocycles. The van der Waals surface area contributed by atoms with E-state index in [0.717, 1.165) is 22.2 Å². The number of pyridine rings is 2. The molecule has 3 rings (SSSR count). The van der Waals surface area contributed by atoms with Crippen molar-refractivity contribution in [1.82, 2.24) is 9.97 Å². The largest absolute Gasteiger partial charge is 0.438 e. The van der Waals surface area contributed by atoms with E-state index >= 15 is 0 Å². The lowest BCUT2D eigenvalue weighted by molar-refractivity contribution is 0.468. The molecule has 0 aliphatic heterocycles. The van der Waals surface area contributed by atoms with Crippen molar-refractivity contribution in [3.63, 3.8) is 0 Å². The second kappa shape index (κ2) is 4.57. The van der Waals surface area contributed by atoms with Gasteiger partial charge in [0.05, 0.1) is 17.4 Å². The predicted octanol–water partition coefficient (Wildman–Crippen LogP) is 3.31. The molecule has 0 amide bonds. The zero-order valence-electron chi connectivity index (χ0n) is 10.5. The average Bonchev–Trinajstić information content (AvgIpc) is 2.43. The van der Waals surface area contributed by atoms with E-state index in [1.807, 2.05) is 43.3 Å². The standard InChI is InChI=1S/C15H13N3O/c1-10-8-15(18-9-12(10)16)19-14-6-2-5-13-11(14)4-3-7-17-13/h2-9H,16H2,1H3. The highest BCUT2D eigenvalue weighted by Gasteiger charge is 2.05. The normalized spacial score (nSPS) is 10.6. The van der Waals surface area contributed by atoms with E-state index in [0.29, 0.717) is 11.6 Å². The van der Waals surface area contributed by atoms with Gasteiger partial charge in [0.15, 0.2) is 0 Å². The first kappa shape index (κ1) is 11.5. The molecule has 0 aliphatic rings. The van der Waals surface area contributed by atoms with E-state index in [1.165, 1.54) is 0 Å². The topological polar surface area (TPSA) is 61.0 Å². The molecule has 2 N–H and O–H groups in total. The van der Waals surface area contributed by atoms with Crippen LogP contribution in [0.3, 0.4) is 0 Å².